The van der Waals surface area contributed by atoms with Crippen molar-refractivity contribution < 1.29 is 19.1 Å². The Hall–Kier alpha value is -3.23. The molecule has 31 heavy (non-hydrogen) atoms. The largest absolute Gasteiger partial charge is 0.478 e. The highest BCUT2D eigenvalue weighted by atomic mass is 32.1. The van der Waals surface area contributed by atoms with Gasteiger partial charge in [-0.15, -0.1) is 0 Å². The zero-order valence-electron chi connectivity index (χ0n) is 17.0. The molecule has 160 valence electrons. The Bertz CT molecular complexity index is 1050. The maximum absolute atomic E-state index is 11.1. The smallest absolute Gasteiger partial charge is 0.335 e. The zero-order chi connectivity index (χ0) is 21.8. The first kappa shape index (κ1) is 21.0. The number of rotatable bonds is 8. The van der Waals surface area contributed by atoms with Gasteiger partial charge in [0.2, 0.25) is 0 Å². The lowest BCUT2D eigenvalue weighted by atomic mass is 10.0. The molecular formula is C23H23N3O4S. The van der Waals surface area contributed by atoms with Crippen molar-refractivity contribution in [2.24, 2.45) is 0 Å². The number of hydrogen-bond donors (Lipinski definition) is 2. The number of thiocarbonyl (C=S) groups is 1. The van der Waals surface area contributed by atoms with E-state index in [0.717, 1.165) is 30.0 Å². The van der Waals surface area contributed by atoms with Crippen molar-refractivity contribution in [3.05, 3.63) is 77.8 Å². The summed E-state index contributed by atoms with van der Waals surface area (Å²) < 4.78 is 11.5. The molecule has 1 fully saturated rings. The monoisotopic (exact) mass is 437 g/mol. The third-order valence-electron chi connectivity index (χ3n) is 5.28. The summed E-state index contributed by atoms with van der Waals surface area (Å²) in [7, 11) is 1.68. The van der Waals surface area contributed by atoms with E-state index >= 15 is 0 Å². The SMILES string of the molecule is COCCCN1C(=S)N[C@H](c2ccccn2)[C@H]1c1ccc(-c2ccc(C(=O)O)cc2)o1. The number of nitrogens with zero attached hydrogens (tertiary/aromatic N) is 2. The van der Waals surface area contributed by atoms with E-state index < -0.39 is 5.97 Å². The number of carboxylic acids is 1. The van der Waals surface area contributed by atoms with Crippen LogP contribution in [0.1, 0.15) is 40.3 Å². The van der Waals surface area contributed by atoms with Gasteiger partial charge in [0.25, 0.3) is 0 Å². The minimum Gasteiger partial charge on any atom is -0.478 e. The molecule has 0 amide bonds. The summed E-state index contributed by atoms with van der Waals surface area (Å²) in [5.74, 6) is 0.473. The average Bonchev–Trinajstić information content (AvgIpc) is 3.39. The topological polar surface area (TPSA) is 87.8 Å². The number of benzene rings is 1. The number of furan rings is 1. The van der Waals surface area contributed by atoms with Crippen LogP contribution in [0, 0.1) is 0 Å². The number of carbonyl (C=O) groups is 1. The van der Waals surface area contributed by atoms with Gasteiger partial charge in [-0.2, -0.15) is 0 Å². The Morgan fingerprint density at radius 3 is 2.71 bits per heavy atom. The fourth-order valence-electron chi connectivity index (χ4n) is 3.78. The number of carboxylic acid groups (broad SMARTS) is 1. The van der Waals surface area contributed by atoms with Gasteiger partial charge in [0.15, 0.2) is 5.11 Å². The van der Waals surface area contributed by atoms with Crippen molar-refractivity contribution >= 4 is 23.3 Å². The van der Waals surface area contributed by atoms with Crippen LogP contribution in [-0.4, -0.2) is 46.3 Å². The van der Waals surface area contributed by atoms with Crippen LogP contribution in [0.15, 0.2) is 65.2 Å². The van der Waals surface area contributed by atoms with E-state index in [1.54, 1.807) is 37.6 Å². The van der Waals surface area contributed by atoms with Crippen molar-refractivity contribution in [1.82, 2.24) is 15.2 Å². The molecule has 2 aromatic heterocycles. The van der Waals surface area contributed by atoms with Gasteiger partial charge in [0, 0.05) is 32.0 Å². The Balaban J connectivity index is 1.66. The molecule has 1 aromatic carbocycles. The quantitative estimate of drug-likeness (QED) is 0.403. The molecule has 1 aliphatic heterocycles. The summed E-state index contributed by atoms with van der Waals surface area (Å²) in [5, 5.41) is 13.2. The molecule has 0 unspecified atom stereocenters. The lowest BCUT2D eigenvalue weighted by Crippen LogP contribution is -2.31. The predicted molar refractivity (Wildman–Crippen MR) is 120 cm³/mol. The van der Waals surface area contributed by atoms with Crippen LogP contribution < -0.4 is 5.32 Å². The van der Waals surface area contributed by atoms with E-state index in [2.05, 4.69) is 15.2 Å². The highest BCUT2D eigenvalue weighted by Crippen LogP contribution is 2.40. The highest BCUT2D eigenvalue weighted by Gasteiger charge is 2.41. The molecule has 0 spiro atoms. The van der Waals surface area contributed by atoms with Gasteiger partial charge in [-0.1, -0.05) is 18.2 Å². The molecular weight excluding hydrogens is 414 g/mol. The van der Waals surface area contributed by atoms with Crippen molar-refractivity contribution in [2.45, 2.75) is 18.5 Å². The van der Waals surface area contributed by atoms with Gasteiger partial charge in [-0.05, 0) is 55.0 Å². The number of aromatic nitrogens is 1. The Morgan fingerprint density at radius 2 is 2.03 bits per heavy atom. The molecule has 0 bridgehead atoms. The molecule has 1 aliphatic rings. The molecule has 0 saturated carbocycles. The van der Waals surface area contributed by atoms with E-state index in [9.17, 15) is 4.79 Å². The molecule has 0 aliphatic carbocycles. The Morgan fingerprint density at radius 1 is 1.23 bits per heavy atom. The lowest BCUT2D eigenvalue weighted by Gasteiger charge is -2.25. The van der Waals surface area contributed by atoms with E-state index in [1.165, 1.54) is 0 Å². The maximum atomic E-state index is 11.1. The van der Waals surface area contributed by atoms with Crippen LogP contribution in [-0.2, 0) is 4.74 Å². The summed E-state index contributed by atoms with van der Waals surface area (Å²) in [5.41, 5.74) is 1.93. The maximum Gasteiger partial charge on any atom is 0.335 e. The van der Waals surface area contributed by atoms with Gasteiger partial charge >= 0.3 is 5.97 Å². The zero-order valence-corrected chi connectivity index (χ0v) is 17.8. The van der Waals surface area contributed by atoms with Crippen LogP contribution >= 0.6 is 12.2 Å². The normalized spacial score (nSPS) is 18.2. The van der Waals surface area contributed by atoms with Crippen LogP contribution in [0.3, 0.4) is 0 Å². The number of methoxy groups -OCH3 is 1. The molecule has 2 atom stereocenters. The summed E-state index contributed by atoms with van der Waals surface area (Å²) in [6.45, 7) is 1.36. The molecule has 8 heteroatoms. The minimum absolute atomic E-state index is 0.148. The summed E-state index contributed by atoms with van der Waals surface area (Å²) in [4.78, 5) is 17.7. The van der Waals surface area contributed by atoms with Crippen LogP contribution in [0.2, 0.25) is 0 Å². The van der Waals surface area contributed by atoms with Crippen LogP contribution in [0.4, 0.5) is 0 Å². The summed E-state index contributed by atoms with van der Waals surface area (Å²) >= 11 is 5.63. The molecule has 2 N–H and O–H groups in total. The number of pyridine rings is 1. The third kappa shape index (κ3) is 4.45. The number of ether oxygens (including phenoxy) is 1. The lowest BCUT2D eigenvalue weighted by molar-refractivity contribution is 0.0697. The second-order valence-electron chi connectivity index (χ2n) is 7.25. The second kappa shape index (κ2) is 9.28. The first-order valence-electron chi connectivity index (χ1n) is 9.99. The molecule has 4 rings (SSSR count). The van der Waals surface area contributed by atoms with Gasteiger partial charge in [0.05, 0.1) is 17.3 Å². The predicted octanol–water partition coefficient (Wildman–Crippen LogP) is 4.05. The average molecular weight is 438 g/mol. The minimum atomic E-state index is -0.956. The molecule has 1 saturated heterocycles. The first-order chi connectivity index (χ1) is 15.1. The summed E-state index contributed by atoms with van der Waals surface area (Å²) in [6, 6.07) is 16.0. The summed E-state index contributed by atoms with van der Waals surface area (Å²) in [6.07, 6.45) is 2.59. The second-order valence-corrected chi connectivity index (χ2v) is 7.64. The fourth-order valence-corrected chi connectivity index (χ4v) is 4.11. The van der Waals surface area contributed by atoms with Crippen molar-refractivity contribution in [2.75, 3.05) is 20.3 Å². The number of hydrogen-bond acceptors (Lipinski definition) is 5. The molecule has 7 nitrogen and oxygen atoms in total. The highest BCUT2D eigenvalue weighted by molar-refractivity contribution is 7.80. The number of aromatic carboxylic acids is 1. The molecule has 0 radical (unpaired) electrons. The standard InChI is InChI=1S/C23H23N3O4S/c1-29-14-4-13-26-21(20(25-23(26)31)17-5-2-3-12-24-17)19-11-10-18(30-19)15-6-8-16(9-7-15)22(27)28/h2-3,5-12,20-21H,4,13-14H2,1H3,(H,25,31)(H,27,28)/t20-,21-/m1/s1. The van der Waals surface area contributed by atoms with Crippen LogP contribution in [0.5, 0.6) is 0 Å². The van der Waals surface area contributed by atoms with E-state index in [0.29, 0.717) is 17.5 Å². The third-order valence-corrected chi connectivity index (χ3v) is 5.63. The van der Waals surface area contributed by atoms with E-state index in [1.807, 2.05) is 30.3 Å². The van der Waals surface area contributed by atoms with Crippen molar-refractivity contribution in [3.8, 4) is 11.3 Å². The Kier molecular flexibility index (Phi) is 6.29. The van der Waals surface area contributed by atoms with Gasteiger partial charge in [0.1, 0.15) is 17.6 Å². The number of nitrogens with one attached hydrogen (secondary N) is 1. The van der Waals surface area contributed by atoms with Gasteiger partial charge in [-0.25, -0.2) is 4.79 Å². The first-order valence-corrected chi connectivity index (χ1v) is 10.4. The molecule has 3 aromatic rings. The van der Waals surface area contributed by atoms with Crippen LogP contribution in [0.25, 0.3) is 11.3 Å². The fraction of sp³-hybridized carbons (Fsp3) is 0.261. The molecule has 3 heterocycles. The Labute approximate surface area is 185 Å². The van der Waals surface area contributed by atoms with Crippen molar-refractivity contribution in [1.29, 1.82) is 0 Å². The van der Waals surface area contributed by atoms with E-state index in [4.69, 9.17) is 26.5 Å². The van der Waals surface area contributed by atoms with Gasteiger partial charge < -0.3 is 24.5 Å². The van der Waals surface area contributed by atoms with E-state index in [-0.39, 0.29) is 17.6 Å². The van der Waals surface area contributed by atoms with Gasteiger partial charge in [-0.3, -0.25) is 4.98 Å². The van der Waals surface area contributed by atoms with Crippen molar-refractivity contribution in [3.63, 3.8) is 0 Å².